The summed E-state index contributed by atoms with van der Waals surface area (Å²) in [5.41, 5.74) is 9.45. The lowest BCUT2D eigenvalue weighted by Gasteiger charge is -2.13. The van der Waals surface area contributed by atoms with Gasteiger partial charge in [0.05, 0.1) is 0 Å². The average molecular weight is 211 g/mol. The number of nitrogens with zero attached hydrogens (tertiary/aromatic N) is 3. The fraction of sp³-hybridized carbons (Fsp3) is 0.400. The molecule has 1 aromatic carbocycles. The van der Waals surface area contributed by atoms with E-state index in [-0.39, 0.29) is 0 Å². The van der Waals surface area contributed by atoms with E-state index < -0.39 is 18.9 Å². The van der Waals surface area contributed by atoms with Gasteiger partial charge in [0.25, 0.3) is 0 Å². The van der Waals surface area contributed by atoms with Crippen molar-refractivity contribution in [3.8, 4) is 0 Å². The fourth-order valence-corrected chi connectivity index (χ4v) is 1.21. The first-order valence-corrected chi connectivity index (χ1v) is 4.50. The number of hydrogen-bond acceptors (Lipinski definition) is 1. The van der Waals surface area contributed by atoms with E-state index in [0.717, 1.165) is 5.56 Å². The highest BCUT2D eigenvalue weighted by Gasteiger charge is 2.21. The van der Waals surface area contributed by atoms with E-state index in [2.05, 4.69) is 10.0 Å². The third kappa shape index (κ3) is 2.92. The zero-order valence-corrected chi connectivity index (χ0v) is 8.27. The molecule has 0 aliphatic carbocycles. The normalized spacial score (nSPS) is 14.1. The Labute approximate surface area is 86.4 Å². The lowest BCUT2D eigenvalue weighted by atomic mass is 10.0. The van der Waals surface area contributed by atoms with Crippen molar-refractivity contribution in [3.63, 3.8) is 0 Å². The summed E-state index contributed by atoms with van der Waals surface area (Å²) >= 11 is 0. The molecule has 0 heterocycles. The van der Waals surface area contributed by atoms with Gasteiger partial charge in [-0.05, 0) is 18.0 Å². The molecule has 80 valence electrons. The standard InChI is InChI=1S/C10H11F2N3/c1-7-2-4-8(5-3-7)10(12)9(6-11)14-15-13/h2-5,9-10H,6H2,1H3. The molecular weight excluding hydrogens is 200 g/mol. The molecule has 2 atom stereocenters. The second-order valence-electron chi connectivity index (χ2n) is 3.24. The number of halogens is 2. The van der Waals surface area contributed by atoms with Crippen LogP contribution in [0.1, 0.15) is 17.3 Å². The van der Waals surface area contributed by atoms with E-state index in [4.69, 9.17) is 5.53 Å². The van der Waals surface area contributed by atoms with Crippen LogP contribution in [0.25, 0.3) is 10.4 Å². The molecule has 3 nitrogen and oxygen atoms in total. The summed E-state index contributed by atoms with van der Waals surface area (Å²) < 4.78 is 26.0. The van der Waals surface area contributed by atoms with E-state index in [0.29, 0.717) is 5.56 Å². The minimum atomic E-state index is -1.59. The van der Waals surface area contributed by atoms with Crippen LogP contribution in [0.5, 0.6) is 0 Å². The van der Waals surface area contributed by atoms with E-state index in [1.807, 2.05) is 6.92 Å². The molecule has 0 aliphatic rings. The molecule has 0 saturated carbocycles. The summed E-state index contributed by atoms with van der Waals surface area (Å²) in [6.45, 7) is 0.871. The Hall–Kier alpha value is -1.61. The van der Waals surface area contributed by atoms with Gasteiger partial charge in [0.1, 0.15) is 18.9 Å². The zero-order chi connectivity index (χ0) is 11.3. The van der Waals surface area contributed by atoms with E-state index in [9.17, 15) is 8.78 Å². The molecule has 0 spiro atoms. The van der Waals surface area contributed by atoms with Crippen LogP contribution in [0, 0.1) is 6.92 Å². The van der Waals surface area contributed by atoms with E-state index in [1.54, 1.807) is 24.3 Å². The van der Waals surface area contributed by atoms with Crippen LogP contribution in [-0.2, 0) is 0 Å². The first-order valence-electron chi connectivity index (χ1n) is 4.50. The summed E-state index contributed by atoms with van der Waals surface area (Å²) in [4.78, 5) is 2.42. The third-order valence-electron chi connectivity index (χ3n) is 2.09. The maximum atomic E-state index is 13.6. The number of alkyl halides is 2. The first-order chi connectivity index (χ1) is 7.19. The number of rotatable bonds is 4. The van der Waals surface area contributed by atoms with Gasteiger partial charge in [-0.25, -0.2) is 4.39 Å². The number of benzene rings is 1. The highest BCUT2D eigenvalue weighted by atomic mass is 19.1. The van der Waals surface area contributed by atoms with Crippen LogP contribution in [-0.4, -0.2) is 12.7 Å². The van der Waals surface area contributed by atoms with Gasteiger partial charge < -0.3 is 0 Å². The van der Waals surface area contributed by atoms with Crippen molar-refractivity contribution in [2.24, 2.45) is 5.11 Å². The first kappa shape index (κ1) is 11.5. The van der Waals surface area contributed by atoms with E-state index >= 15 is 0 Å². The third-order valence-corrected chi connectivity index (χ3v) is 2.09. The van der Waals surface area contributed by atoms with Crippen LogP contribution in [0.3, 0.4) is 0 Å². The topological polar surface area (TPSA) is 48.8 Å². The zero-order valence-electron chi connectivity index (χ0n) is 8.27. The summed E-state index contributed by atoms with van der Waals surface area (Å²) in [7, 11) is 0. The molecule has 0 saturated heterocycles. The van der Waals surface area contributed by atoms with Crippen molar-refractivity contribution in [2.75, 3.05) is 6.67 Å². The van der Waals surface area contributed by atoms with Gasteiger partial charge in [-0.1, -0.05) is 34.9 Å². The molecule has 2 unspecified atom stereocenters. The highest BCUT2D eigenvalue weighted by molar-refractivity contribution is 5.24. The molecule has 1 aromatic rings. The van der Waals surface area contributed by atoms with Gasteiger partial charge in [0, 0.05) is 4.91 Å². The quantitative estimate of drug-likeness (QED) is 0.414. The Morgan fingerprint density at radius 1 is 1.40 bits per heavy atom. The van der Waals surface area contributed by atoms with Crippen molar-refractivity contribution in [1.82, 2.24) is 0 Å². The highest BCUT2D eigenvalue weighted by Crippen LogP contribution is 2.24. The van der Waals surface area contributed by atoms with Gasteiger partial charge in [0.2, 0.25) is 0 Å². The van der Waals surface area contributed by atoms with Crippen LogP contribution in [0.4, 0.5) is 8.78 Å². The van der Waals surface area contributed by atoms with Gasteiger partial charge in [-0.15, -0.1) is 0 Å². The van der Waals surface area contributed by atoms with Crippen molar-refractivity contribution in [1.29, 1.82) is 0 Å². The molecule has 0 N–H and O–H groups in total. The Morgan fingerprint density at radius 2 is 2.00 bits per heavy atom. The molecule has 0 aliphatic heterocycles. The fourth-order valence-electron chi connectivity index (χ4n) is 1.21. The Morgan fingerprint density at radius 3 is 2.47 bits per heavy atom. The van der Waals surface area contributed by atoms with Gasteiger partial charge in [-0.3, -0.25) is 4.39 Å². The maximum absolute atomic E-state index is 13.6. The molecule has 5 heteroatoms. The van der Waals surface area contributed by atoms with Crippen LogP contribution >= 0.6 is 0 Å². The van der Waals surface area contributed by atoms with Gasteiger partial charge in [-0.2, -0.15) is 0 Å². The smallest absolute Gasteiger partial charge is 0.136 e. The predicted octanol–water partition coefficient (Wildman–Crippen LogP) is 3.65. The summed E-state index contributed by atoms with van der Waals surface area (Å²) in [6, 6.07) is 5.31. The summed E-state index contributed by atoms with van der Waals surface area (Å²) in [5, 5.41) is 3.07. The SMILES string of the molecule is Cc1ccc(C(F)C(CF)N=[N+]=[N-])cc1. The molecule has 1 rings (SSSR count). The maximum Gasteiger partial charge on any atom is 0.136 e. The molecule has 0 radical (unpaired) electrons. The minimum absolute atomic E-state index is 0.329. The Bertz CT molecular complexity index is 357. The van der Waals surface area contributed by atoms with Gasteiger partial charge in [0.15, 0.2) is 0 Å². The van der Waals surface area contributed by atoms with Gasteiger partial charge >= 0.3 is 0 Å². The summed E-state index contributed by atoms with van der Waals surface area (Å²) in [6.07, 6.45) is -1.59. The molecule has 0 fully saturated rings. The van der Waals surface area contributed by atoms with Crippen LogP contribution < -0.4 is 0 Å². The second-order valence-corrected chi connectivity index (χ2v) is 3.24. The van der Waals surface area contributed by atoms with Crippen molar-refractivity contribution >= 4 is 0 Å². The number of azide groups is 1. The predicted molar refractivity (Wildman–Crippen MR) is 53.9 cm³/mol. The second kappa shape index (κ2) is 5.32. The summed E-state index contributed by atoms with van der Waals surface area (Å²) in [5.74, 6) is 0. The molecular formula is C10H11F2N3. The Balaban J connectivity index is 2.86. The van der Waals surface area contributed by atoms with Crippen molar-refractivity contribution in [2.45, 2.75) is 19.1 Å². The van der Waals surface area contributed by atoms with Crippen molar-refractivity contribution < 1.29 is 8.78 Å². The molecule has 0 amide bonds. The largest absolute Gasteiger partial charge is 0.251 e. The van der Waals surface area contributed by atoms with Crippen molar-refractivity contribution in [3.05, 3.63) is 45.8 Å². The van der Waals surface area contributed by atoms with Crippen LogP contribution in [0.2, 0.25) is 0 Å². The molecule has 15 heavy (non-hydrogen) atoms. The number of hydrogen-bond donors (Lipinski definition) is 0. The average Bonchev–Trinajstić information content (AvgIpc) is 2.26. The minimum Gasteiger partial charge on any atom is -0.251 e. The van der Waals surface area contributed by atoms with Crippen LogP contribution in [0.15, 0.2) is 29.4 Å². The lowest BCUT2D eigenvalue weighted by Crippen LogP contribution is -2.14. The molecule has 0 aromatic heterocycles. The number of aryl methyl sites for hydroxylation is 1. The molecule has 0 bridgehead atoms. The lowest BCUT2D eigenvalue weighted by molar-refractivity contribution is 0.251. The monoisotopic (exact) mass is 211 g/mol. The Kier molecular flexibility index (Phi) is 4.06. The van der Waals surface area contributed by atoms with E-state index in [1.165, 1.54) is 0 Å².